The largest absolute Gasteiger partial charge is 0.472 e. The molecular weight excluding hydrogens is 1390 g/mol. The van der Waals surface area contributed by atoms with E-state index in [4.69, 9.17) is 71.6 Å². The lowest BCUT2D eigenvalue weighted by Gasteiger charge is -2.14. The number of nitrogen functional groups attached to an aromatic ring is 1. The summed E-state index contributed by atoms with van der Waals surface area (Å²) in [6.07, 6.45) is 0. The second kappa shape index (κ2) is 42.1. The third-order valence-corrected chi connectivity index (χ3v) is 16.0. The number of ether oxygens (including phenoxy) is 2. The fourth-order valence-electron chi connectivity index (χ4n) is 9.45. The lowest BCUT2D eigenvalue weighted by molar-refractivity contribution is 0.101. The van der Waals surface area contributed by atoms with Crippen LogP contribution in [0.4, 0.5) is 39.8 Å². The van der Waals surface area contributed by atoms with Crippen LogP contribution in [0.1, 0.15) is 80.3 Å². The number of rotatable bonds is 19. The molecule has 522 valence electrons. The molecule has 1 unspecified atom stereocenters. The first-order valence-electron chi connectivity index (χ1n) is 33.0. The van der Waals surface area contributed by atoms with Gasteiger partial charge in [-0.25, -0.2) is 15.0 Å². The van der Waals surface area contributed by atoms with E-state index in [1.807, 2.05) is 322 Å². The average Bonchev–Trinajstić information content (AvgIpc) is 0.844. The van der Waals surface area contributed by atoms with Crippen LogP contribution >= 0.6 is 46.4 Å². The molecular formula is C88H71Cl4N7O6. The van der Waals surface area contributed by atoms with Crippen LogP contribution in [0.3, 0.4) is 0 Å². The van der Waals surface area contributed by atoms with Crippen molar-refractivity contribution in [3.63, 3.8) is 0 Å². The molecule has 13 nitrogen and oxygen atoms in total. The van der Waals surface area contributed by atoms with E-state index in [0.29, 0.717) is 52.4 Å². The molecule has 0 bridgehead atoms. The Morgan fingerprint density at radius 2 is 0.590 bits per heavy atom. The number of amides is 2. The smallest absolute Gasteiger partial charge is 0.255 e. The maximum absolute atomic E-state index is 12.2. The molecule has 0 spiro atoms. The summed E-state index contributed by atoms with van der Waals surface area (Å²) in [4.78, 5) is 59.5. The van der Waals surface area contributed by atoms with Crippen molar-refractivity contribution in [1.29, 1.82) is 0 Å². The number of aliphatic imine (C=N–C) groups is 3. The summed E-state index contributed by atoms with van der Waals surface area (Å²) in [6, 6.07) is 115. The van der Waals surface area contributed by atoms with Crippen molar-refractivity contribution in [3.05, 3.63) is 426 Å². The highest BCUT2D eigenvalue weighted by molar-refractivity contribution is 6.70. The standard InChI is InChI=1S/C34H28N2O2.C20H16Cl2N2.C20H16N2O2.C8H4Cl2O2.C6H7N/c1-5-13-27(14-6-1)25-37-33(35-31-17-9-3-10-18-31)29-21-23-30(24-22-29)34(36-32-19-11-4-12-20-32)38-26-28-15-7-2-8-16-28;21-19(23-17-7-3-1-4-8-17)15-11-13-16(14-12-15)20(22)24-18-9-5-2-6-10-18;23-19(21-17-7-3-1-4-8-17)15-11-13-16(14-12-15)20(24)22-18-9-5-2-6-10-18;9-7(11)5-1-2-6(4-3-5)8(10)12;7-6-4-2-1-3-5-6/h1-24H,25-26H2;1-14,19,23H;1-14H,(H,21,23)(H,22,24);1-4H;1-5H,7H2. The molecule has 1 atom stereocenters. The van der Waals surface area contributed by atoms with Gasteiger partial charge in [0.25, 0.3) is 22.3 Å². The number of nitrogens with two attached hydrogens (primary N) is 1. The highest BCUT2D eigenvalue weighted by atomic mass is 35.5. The number of carbonyl (C=O) groups excluding carboxylic acids is 4. The molecule has 13 aromatic rings. The van der Waals surface area contributed by atoms with Crippen molar-refractivity contribution < 1.29 is 28.7 Å². The molecule has 0 aromatic heterocycles. The highest BCUT2D eigenvalue weighted by Crippen LogP contribution is 2.26. The van der Waals surface area contributed by atoms with Crippen molar-refractivity contribution in [2.24, 2.45) is 15.0 Å². The Kier molecular flexibility index (Phi) is 30.7. The fraction of sp³-hybridized carbons (Fsp3) is 0.0341. The van der Waals surface area contributed by atoms with E-state index in [9.17, 15) is 19.2 Å². The predicted molar refractivity (Wildman–Crippen MR) is 431 cm³/mol. The molecule has 0 saturated heterocycles. The van der Waals surface area contributed by atoms with E-state index in [0.717, 1.165) is 73.2 Å². The van der Waals surface area contributed by atoms with E-state index in [1.165, 1.54) is 24.3 Å². The number of para-hydroxylation sites is 7. The quantitative estimate of drug-likeness (QED) is 0.0154. The molecule has 5 N–H and O–H groups in total. The molecule has 0 fully saturated rings. The van der Waals surface area contributed by atoms with Crippen LogP contribution < -0.4 is 21.7 Å². The molecule has 0 heterocycles. The fourth-order valence-corrected chi connectivity index (χ4v) is 10.2. The lowest BCUT2D eigenvalue weighted by Crippen LogP contribution is -2.14. The van der Waals surface area contributed by atoms with Crippen molar-refractivity contribution in [2.75, 3.05) is 21.7 Å². The van der Waals surface area contributed by atoms with Gasteiger partial charge in [-0.3, -0.25) is 19.2 Å². The zero-order chi connectivity index (χ0) is 73.6. The van der Waals surface area contributed by atoms with E-state index >= 15 is 0 Å². The van der Waals surface area contributed by atoms with Gasteiger partial charge in [-0.2, -0.15) is 0 Å². The first-order valence-corrected chi connectivity index (χ1v) is 34.6. The Morgan fingerprint density at radius 3 is 0.914 bits per heavy atom. The summed E-state index contributed by atoms with van der Waals surface area (Å²) < 4.78 is 12.4. The van der Waals surface area contributed by atoms with Crippen LogP contribution in [0, 0.1) is 0 Å². The highest BCUT2D eigenvalue weighted by Gasteiger charge is 2.14. The summed E-state index contributed by atoms with van der Waals surface area (Å²) in [5.74, 6) is 0.684. The molecule has 0 aliphatic carbocycles. The first-order chi connectivity index (χ1) is 51.3. The van der Waals surface area contributed by atoms with E-state index in [2.05, 4.69) is 20.9 Å². The summed E-state index contributed by atoms with van der Waals surface area (Å²) in [6.45, 7) is 0.852. The Morgan fingerprint density at radius 1 is 0.314 bits per heavy atom. The normalized spacial score (nSPS) is 11.1. The molecule has 0 aliphatic rings. The molecule has 13 rings (SSSR count). The predicted octanol–water partition coefficient (Wildman–Crippen LogP) is 22.5. The number of nitrogens with zero attached hydrogens (tertiary/aromatic N) is 3. The third kappa shape index (κ3) is 26.8. The van der Waals surface area contributed by atoms with Gasteiger partial charge in [-0.1, -0.05) is 236 Å². The number of hydrogen-bond donors (Lipinski definition) is 4. The Labute approximate surface area is 631 Å². The van der Waals surface area contributed by atoms with Crippen molar-refractivity contribution in [3.8, 4) is 0 Å². The van der Waals surface area contributed by atoms with Gasteiger partial charge < -0.3 is 31.2 Å². The van der Waals surface area contributed by atoms with Crippen LogP contribution in [0.25, 0.3) is 0 Å². The number of halogens is 4. The van der Waals surface area contributed by atoms with E-state index < -0.39 is 10.5 Å². The minimum absolute atomic E-state index is 0.212. The third-order valence-electron chi connectivity index (χ3n) is 14.9. The van der Waals surface area contributed by atoms with Crippen molar-refractivity contribution in [1.82, 2.24) is 0 Å². The van der Waals surface area contributed by atoms with Crippen LogP contribution in [0.5, 0.6) is 0 Å². The van der Waals surface area contributed by atoms with Crippen molar-refractivity contribution >= 4 is 125 Å². The van der Waals surface area contributed by atoms with E-state index in [-0.39, 0.29) is 17.3 Å². The zero-order valence-electron chi connectivity index (χ0n) is 56.6. The van der Waals surface area contributed by atoms with Gasteiger partial charge in [0, 0.05) is 61.7 Å². The Balaban J connectivity index is 0.000000166. The van der Waals surface area contributed by atoms with Gasteiger partial charge >= 0.3 is 0 Å². The van der Waals surface area contributed by atoms with Crippen LogP contribution in [0.15, 0.2) is 385 Å². The Hall–Kier alpha value is -12.5. The number of carbonyl (C=O) groups is 4. The average molecular weight is 1460 g/mol. The van der Waals surface area contributed by atoms with Gasteiger partial charge in [-0.15, -0.1) is 0 Å². The number of alkyl halides is 1. The second-order valence-corrected chi connectivity index (χ2v) is 24.1. The molecule has 2 amide bonds. The van der Waals surface area contributed by atoms with Gasteiger partial charge in [0.2, 0.25) is 11.8 Å². The number of nitrogens with one attached hydrogen (secondary N) is 3. The number of anilines is 4. The molecule has 0 radical (unpaired) electrons. The SMILES string of the molecule is ClC(=Nc1ccccc1)c1ccc(C(Cl)Nc2ccccc2)cc1.Nc1ccccc1.O=C(Cl)c1ccc(C(=O)Cl)cc1.O=C(Nc1ccccc1)c1ccc(C(=O)Nc2ccccc2)cc1.c1ccc(COC(=Nc2ccccc2)c2ccc(C(=Nc3ccccc3)OCc3ccccc3)cc2)cc1. The summed E-state index contributed by atoms with van der Waals surface area (Å²) >= 11 is 23.1. The summed E-state index contributed by atoms with van der Waals surface area (Å²) in [5.41, 5.74) is 18.2. The van der Waals surface area contributed by atoms with Crippen LogP contribution in [-0.2, 0) is 22.7 Å². The molecule has 105 heavy (non-hydrogen) atoms. The minimum atomic E-state index is -0.552. The van der Waals surface area contributed by atoms with Gasteiger partial charge in [0.15, 0.2) is 0 Å². The van der Waals surface area contributed by atoms with Crippen LogP contribution in [0.2, 0.25) is 0 Å². The van der Waals surface area contributed by atoms with Gasteiger partial charge in [0.05, 0.1) is 17.1 Å². The lowest BCUT2D eigenvalue weighted by atomic mass is 10.1. The molecule has 13 aromatic carbocycles. The zero-order valence-corrected chi connectivity index (χ0v) is 59.6. The van der Waals surface area contributed by atoms with Gasteiger partial charge in [0.1, 0.15) is 23.9 Å². The van der Waals surface area contributed by atoms with Crippen molar-refractivity contribution in [2.45, 2.75) is 18.7 Å². The maximum Gasteiger partial charge on any atom is 0.255 e. The number of benzene rings is 13. The van der Waals surface area contributed by atoms with E-state index in [1.54, 1.807) is 24.3 Å². The molecule has 0 saturated carbocycles. The summed E-state index contributed by atoms with van der Waals surface area (Å²) in [7, 11) is 0. The Bertz CT molecular complexity index is 4650. The topological polar surface area (TPSA) is 186 Å². The minimum Gasteiger partial charge on any atom is -0.472 e. The maximum atomic E-state index is 12.2. The molecule has 17 heteroatoms. The number of hydrogen-bond acceptors (Lipinski definition) is 11. The summed E-state index contributed by atoms with van der Waals surface area (Å²) in [5, 5.41) is 8.21. The monoisotopic (exact) mass is 1460 g/mol. The molecule has 0 aliphatic heterocycles. The second-order valence-electron chi connectivity index (χ2n) is 22.6. The van der Waals surface area contributed by atoms with Crippen LogP contribution in [-0.4, -0.2) is 39.3 Å². The first kappa shape index (κ1) is 76.7. The van der Waals surface area contributed by atoms with Gasteiger partial charge in [-0.05, 0) is 198 Å².